The lowest BCUT2D eigenvalue weighted by atomic mass is 9.79. The summed E-state index contributed by atoms with van der Waals surface area (Å²) in [5, 5.41) is 11.9. The van der Waals surface area contributed by atoms with Crippen molar-refractivity contribution in [1.29, 1.82) is 0 Å². The molecule has 1 amide bonds. The van der Waals surface area contributed by atoms with Crippen molar-refractivity contribution >= 4 is 21.7 Å². The third kappa shape index (κ3) is 3.71. The van der Waals surface area contributed by atoms with Gasteiger partial charge in [-0.05, 0) is 19.3 Å². The van der Waals surface area contributed by atoms with Gasteiger partial charge in [-0.2, -0.15) is 0 Å². The zero-order chi connectivity index (χ0) is 14.8. The summed E-state index contributed by atoms with van der Waals surface area (Å²) in [6, 6.07) is 0. The zero-order valence-electron chi connectivity index (χ0n) is 11.4. The number of carboxylic acids is 1. The van der Waals surface area contributed by atoms with Crippen LogP contribution in [0.5, 0.6) is 0 Å². The second kappa shape index (κ2) is 5.71. The number of sulfone groups is 1. The highest BCUT2D eigenvalue weighted by Gasteiger charge is 2.40. The van der Waals surface area contributed by atoms with E-state index in [4.69, 9.17) is 5.11 Å². The molecule has 1 heterocycles. The zero-order valence-corrected chi connectivity index (χ0v) is 12.2. The smallest absolute Gasteiger partial charge is 0.305 e. The second-order valence-electron chi connectivity index (χ2n) is 6.00. The van der Waals surface area contributed by atoms with Crippen molar-refractivity contribution < 1.29 is 23.1 Å². The summed E-state index contributed by atoms with van der Waals surface area (Å²) in [7, 11) is -3.10. The van der Waals surface area contributed by atoms with E-state index in [0.717, 1.165) is 19.3 Å². The molecule has 1 aliphatic heterocycles. The fraction of sp³-hybridized carbons (Fsp3) is 0.846. The number of rotatable bonds is 4. The molecule has 114 valence electrons. The molecule has 1 atom stereocenters. The van der Waals surface area contributed by atoms with Crippen molar-refractivity contribution in [1.82, 2.24) is 5.32 Å². The first-order valence-corrected chi connectivity index (χ1v) is 8.88. The summed E-state index contributed by atoms with van der Waals surface area (Å²) in [4.78, 5) is 23.3. The van der Waals surface area contributed by atoms with Gasteiger partial charge >= 0.3 is 5.97 Å². The van der Waals surface area contributed by atoms with E-state index in [1.54, 1.807) is 0 Å². The van der Waals surface area contributed by atoms with Gasteiger partial charge in [0.25, 0.3) is 0 Å². The number of amides is 1. The molecule has 1 aliphatic carbocycles. The van der Waals surface area contributed by atoms with Gasteiger partial charge in [0.15, 0.2) is 9.84 Å². The predicted octanol–water partition coefficient (Wildman–Crippen LogP) is 0.715. The first-order valence-electron chi connectivity index (χ1n) is 7.06. The molecule has 2 N–H and O–H groups in total. The maximum Gasteiger partial charge on any atom is 0.305 e. The van der Waals surface area contributed by atoms with Crippen molar-refractivity contribution in [2.45, 2.75) is 50.5 Å². The van der Waals surface area contributed by atoms with E-state index in [1.165, 1.54) is 0 Å². The number of nitrogens with one attached hydrogen (secondary N) is 1. The Bertz CT molecular complexity index is 493. The normalized spacial score (nSPS) is 27.9. The predicted molar refractivity (Wildman–Crippen MR) is 73.0 cm³/mol. The van der Waals surface area contributed by atoms with E-state index in [9.17, 15) is 18.0 Å². The summed E-state index contributed by atoms with van der Waals surface area (Å²) in [5.74, 6) is -1.80. The lowest BCUT2D eigenvalue weighted by molar-refractivity contribution is -0.140. The van der Waals surface area contributed by atoms with Crippen LogP contribution in [0.15, 0.2) is 0 Å². The van der Waals surface area contributed by atoms with Crippen molar-refractivity contribution in [3.05, 3.63) is 0 Å². The Labute approximate surface area is 118 Å². The van der Waals surface area contributed by atoms with Crippen LogP contribution in [0.4, 0.5) is 0 Å². The van der Waals surface area contributed by atoms with Crippen molar-refractivity contribution in [2.24, 2.45) is 5.92 Å². The molecule has 1 saturated heterocycles. The largest absolute Gasteiger partial charge is 0.481 e. The standard InChI is InChI=1S/C13H21NO5S/c15-11(16)8-13(5-2-1-3-6-13)14-12(17)10-4-7-20(18,19)9-10/h10H,1-9H2,(H,14,17)(H,15,16). The van der Waals surface area contributed by atoms with E-state index in [-0.39, 0.29) is 23.8 Å². The number of hydrogen-bond acceptors (Lipinski definition) is 4. The van der Waals surface area contributed by atoms with E-state index in [1.807, 2.05) is 0 Å². The molecule has 0 spiro atoms. The third-order valence-electron chi connectivity index (χ3n) is 4.29. The number of carboxylic acid groups (broad SMARTS) is 1. The molecule has 2 fully saturated rings. The second-order valence-corrected chi connectivity index (χ2v) is 8.23. The highest BCUT2D eigenvalue weighted by atomic mass is 32.2. The lowest BCUT2D eigenvalue weighted by Gasteiger charge is -2.37. The topological polar surface area (TPSA) is 101 Å². The number of carbonyl (C=O) groups is 2. The fourth-order valence-electron chi connectivity index (χ4n) is 3.23. The molecule has 20 heavy (non-hydrogen) atoms. The van der Waals surface area contributed by atoms with Crippen LogP contribution in [0.3, 0.4) is 0 Å². The number of aliphatic carboxylic acids is 1. The van der Waals surface area contributed by atoms with Crippen molar-refractivity contribution in [3.8, 4) is 0 Å². The Morgan fingerprint density at radius 1 is 1.20 bits per heavy atom. The number of carbonyl (C=O) groups excluding carboxylic acids is 1. The molecule has 0 bridgehead atoms. The van der Waals surface area contributed by atoms with Crippen LogP contribution < -0.4 is 5.32 Å². The molecule has 6 nitrogen and oxygen atoms in total. The van der Waals surface area contributed by atoms with Crippen LogP contribution in [0.25, 0.3) is 0 Å². The highest BCUT2D eigenvalue weighted by molar-refractivity contribution is 7.91. The van der Waals surface area contributed by atoms with Gasteiger partial charge in [-0.25, -0.2) is 8.42 Å². The Morgan fingerprint density at radius 3 is 2.35 bits per heavy atom. The fourth-order valence-corrected chi connectivity index (χ4v) is 4.97. The molecule has 0 aromatic heterocycles. The maximum atomic E-state index is 12.2. The van der Waals surface area contributed by atoms with Crippen LogP contribution in [0.1, 0.15) is 44.9 Å². The van der Waals surface area contributed by atoms with Crippen LogP contribution in [0, 0.1) is 5.92 Å². The van der Waals surface area contributed by atoms with Gasteiger partial charge in [-0.15, -0.1) is 0 Å². The van der Waals surface area contributed by atoms with Gasteiger partial charge in [0.2, 0.25) is 5.91 Å². The highest BCUT2D eigenvalue weighted by Crippen LogP contribution is 2.32. The van der Waals surface area contributed by atoms with E-state index in [2.05, 4.69) is 5.32 Å². The van der Waals surface area contributed by atoms with Gasteiger partial charge in [-0.3, -0.25) is 9.59 Å². The quantitative estimate of drug-likeness (QED) is 0.797. The molecular formula is C13H21NO5S. The molecule has 0 aromatic carbocycles. The monoisotopic (exact) mass is 303 g/mol. The molecule has 2 rings (SSSR count). The summed E-state index contributed by atoms with van der Waals surface area (Å²) < 4.78 is 22.8. The summed E-state index contributed by atoms with van der Waals surface area (Å²) in [6.45, 7) is 0. The average molecular weight is 303 g/mol. The van der Waals surface area contributed by atoms with Gasteiger partial charge in [0.1, 0.15) is 0 Å². The van der Waals surface area contributed by atoms with Crippen molar-refractivity contribution in [3.63, 3.8) is 0 Å². The lowest BCUT2D eigenvalue weighted by Crippen LogP contribution is -2.53. The maximum absolute atomic E-state index is 12.2. The average Bonchev–Trinajstić information content (AvgIpc) is 2.69. The van der Waals surface area contributed by atoms with Crippen LogP contribution >= 0.6 is 0 Å². The Balaban J connectivity index is 2.04. The van der Waals surface area contributed by atoms with Crippen LogP contribution in [0.2, 0.25) is 0 Å². The molecule has 0 aromatic rings. The minimum atomic E-state index is -3.10. The summed E-state index contributed by atoms with van der Waals surface area (Å²) in [5.41, 5.74) is -0.687. The van der Waals surface area contributed by atoms with Crippen LogP contribution in [-0.2, 0) is 19.4 Å². The molecule has 0 radical (unpaired) electrons. The van der Waals surface area contributed by atoms with Gasteiger partial charge < -0.3 is 10.4 Å². The molecular weight excluding hydrogens is 282 g/mol. The Kier molecular flexibility index (Phi) is 4.36. The number of hydrogen-bond donors (Lipinski definition) is 2. The van der Waals surface area contributed by atoms with Gasteiger partial charge in [-0.1, -0.05) is 19.3 Å². The summed E-state index contributed by atoms with van der Waals surface area (Å²) in [6.07, 6.45) is 4.42. The van der Waals surface area contributed by atoms with Crippen molar-refractivity contribution in [2.75, 3.05) is 11.5 Å². The van der Waals surface area contributed by atoms with Gasteiger partial charge in [0, 0.05) is 0 Å². The molecule has 1 unspecified atom stereocenters. The first kappa shape index (κ1) is 15.3. The SMILES string of the molecule is O=C(O)CC1(NC(=O)C2CCS(=O)(=O)C2)CCCCC1. The van der Waals surface area contributed by atoms with E-state index >= 15 is 0 Å². The van der Waals surface area contributed by atoms with E-state index in [0.29, 0.717) is 19.3 Å². The summed E-state index contributed by atoms with van der Waals surface area (Å²) >= 11 is 0. The minimum Gasteiger partial charge on any atom is -0.481 e. The molecule has 1 saturated carbocycles. The van der Waals surface area contributed by atoms with Gasteiger partial charge in [0.05, 0.1) is 29.4 Å². The molecule has 2 aliphatic rings. The third-order valence-corrected chi connectivity index (χ3v) is 6.06. The van der Waals surface area contributed by atoms with E-state index < -0.39 is 27.3 Å². The Morgan fingerprint density at radius 2 is 1.85 bits per heavy atom. The minimum absolute atomic E-state index is 0.0526. The van der Waals surface area contributed by atoms with Crippen LogP contribution in [-0.4, -0.2) is 42.4 Å². The first-order chi connectivity index (χ1) is 9.32. The Hall–Kier alpha value is -1.11. The molecule has 7 heteroatoms.